The molecule has 1 saturated heterocycles. The Morgan fingerprint density at radius 3 is 2.44 bits per heavy atom. The van der Waals surface area contributed by atoms with Crippen molar-refractivity contribution in [3.8, 4) is 0 Å². The molecule has 0 saturated carbocycles. The Balaban J connectivity index is 1.71. The monoisotopic (exact) mass is 427 g/mol. The van der Waals surface area contributed by atoms with Gasteiger partial charge in [0.2, 0.25) is 5.91 Å². The number of rotatable bonds is 4. The fourth-order valence-electron chi connectivity index (χ4n) is 2.82. The number of benzene rings is 1. The van der Waals surface area contributed by atoms with Crippen LogP contribution in [0, 0.1) is 6.92 Å². The van der Waals surface area contributed by atoms with Gasteiger partial charge in [-0.25, -0.2) is 13.1 Å². The molecule has 2 aromatic rings. The number of amides is 1. The summed E-state index contributed by atoms with van der Waals surface area (Å²) in [6.45, 7) is 2.74. The molecule has 0 N–H and O–H groups in total. The van der Waals surface area contributed by atoms with E-state index in [-0.39, 0.29) is 30.5 Å². The molecule has 9 heteroatoms. The lowest BCUT2D eigenvalue weighted by molar-refractivity contribution is -0.125. The average Bonchev–Trinajstić information content (AvgIpc) is 2.88. The third-order valence-corrected chi connectivity index (χ3v) is 6.66. The van der Waals surface area contributed by atoms with E-state index in [1.807, 2.05) is 19.1 Å². The maximum atomic E-state index is 12.3. The summed E-state index contributed by atoms with van der Waals surface area (Å²) in [5, 5.41) is 5.53. The van der Waals surface area contributed by atoms with Crippen LogP contribution in [-0.2, 0) is 21.2 Å². The zero-order valence-electron chi connectivity index (χ0n) is 14.7. The van der Waals surface area contributed by atoms with Gasteiger partial charge in [0, 0.05) is 29.8 Å². The van der Waals surface area contributed by atoms with Crippen molar-refractivity contribution in [1.29, 1.82) is 0 Å². The van der Waals surface area contributed by atoms with Gasteiger partial charge in [0.25, 0.3) is 0 Å². The highest BCUT2D eigenvalue weighted by Gasteiger charge is 2.23. The van der Waals surface area contributed by atoms with E-state index in [9.17, 15) is 13.2 Å². The summed E-state index contributed by atoms with van der Waals surface area (Å²) in [5.41, 5.74) is 2.38. The van der Waals surface area contributed by atoms with Gasteiger partial charge < -0.3 is 4.90 Å². The number of carbonyl (C=O) groups is 1. The predicted molar refractivity (Wildman–Crippen MR) is 107 cm³/mol. The van der Waals surface area contributed by atoms with Crippen molar-refractivity contribution in [2.24, 2.45) is 0 Å². The normalized spacial score (nSPS) is 16.8. The van der Waals surface area contributed by atoms with E-state index < -0.39 is 9.84 Å². The van der Waals surface area contributed by atoms with Crippen LogP contribution < -0.4 is 0 Å². The van der Waals surface area contributed by atoms with Crippen LogP contribution in [-0.4, -0.2) is 53.6 Å². The first-order valence-corrected chi connectivity index (χ1v) is 11.0. The number of halogens is 2. The summed E-state index contributed by atoms with van der Waals surface area (Å²) in [7, 11) is -3.02. The number of carbonyl (C=O) groups excluding carboxylic acids is 1. The number of sulfone groups is 1. The van der Waals surface area contributed by atoms with Crippen molar-refractivity contribution in [3.63, 3.8) is 0 Å². The average molecular weight is 428 g/mol. The zero-order chi connectivity index (χ0) is 19.6. The first kappa shape index (κ1) is 19.9. The maximum absolute atomic E-state index is 12.3. The quantitative estimate of drug-likeness (QED) is 0.703. The highest BCUT2D eigenvalue weighted by molar-refractivity contribution is 7.91. The van der Waals surface area contributed by atoms with E-state index in [1.165, 1.54) is 11.0 Å². The van der Waals surface area contributed by atoms with E-state index in [2.05, 4.69) is 5.10 Å². The molecule has 1 fully saturated rings. The third kappa shape index (κ3) is 4.91. The third-order valence-electron chi connectivity index (χ3n) is 4.40. The molecule has 0 spiro atoms. The SMILES string of the molecule is Cc1nn(Cc2ccc(Cl)cc2)c(Cl)c1/C=C/C(=O)N1CCS(=O)(=O)CC1. The van der Waals surface area contributed by atoms with Crippen LogP contribution in [0.1, 0.15) is 16.8 Å². The Morgan fingerprint density at radius 2 is 1.81 bits per heavy atom. The van der Waals surface area contributed by atoms with Gasteiger partial charge in [0.15, 0.2) is 9.84 Å². The number of nitrogens with zero attached hydrogens (tertiary/aromatic N) is 3. The van der Waals surface area contributed by atoms with Crippen LogP contribution in [0.5, 0.6) is 0 Å². The molecule has 0 radical (unpaired) electrons. The topological polar surface area (TPSA) is 72.3 Å². The van der Waals surface area contributed by atoms with Gasteiger partial charge in [-0.05, 0) is 30.7 Å². The first-order valence-electron chi connectivity index (χ1n) is 8.40. The van der Waals surface area contributed by atoms with E-state index in [4.69, 9.17) is 23.2 Å². The second kappa shape index (κ2) is 8.04. The molecule has 3 rings (SSSR count). The second-order valence-corrected chi connectivity index (χ2v) is 9.48. The number of aromatic nitrogens is 2. The van der Waals surface area contributed by atoms with Gasteiger partial charge in [0.05, 0.1) is 23.7 Å². The fourth-order valence-corrected chi connectivity index (χ4v) is 4.44. The molecule has 144 valence electrons. The first-order chi connectivity index (χ1) is 12.7. The highest BCUT2D eigenvalue weighted by atomic mass is 35.5. The minimum absolute atomic E-state index is 0.00535. The summed E-state index contributed by atoms with van der Waals surface area (Å²) in [6.07, 6.45) is 3.05. The summed E-state index contributed by atoms with van der Waals surface area (Å²) >= 11 is 12.3. The number of hydrogen-bond acceptors (Lipinski definition) is 4. The van der Waals surface area contributed by atoms with Gasteiger partial charge in [-0.3, -0.25) is 4.79 Å². The largest absolute Gasteiger partial charge is 0.337 e. The van der Waals surface area contributed by atoms with Gasteiger partial charge in [0.1, 0.15) is 5.15 Å². The molecule has 27 heavy (non-hydrogen) atoms. The summed E-state index contributed by atoms with van der Waals surface area (Å²) in [4.78, 5) is 13.8. The Morgan fingerprint density at radius 1 is 1.19 bits per heavy atom. The van der Waals surface area contributed by atoms with E-state index in [0.717, 1.165) is 5.56 Å². The van der Waals surface area contributed by atoms with Gasteiger partial charge in [-0.2, -0.15) is 5.10 Å². The van der Waals surface area contributed by atoms with E-state index >= 15 is 0 Å². The second-order valence-electron chi connectivity index (χ2n) is 6.38. The molecule has 1 aromatic carbocycles. The smallest absolute Gasteiger partial charge is 0.246 e. The maximum Gasteiger partial charge on any atom is 0.246 e. The van der Waals surface area contributed by atoms with Crippen LogP contribution in [0.15, 0.2) is 30.3 Å². The summed E-state index contributed by atoms with van der Waals surface area (Å²) in [6, 6.07) is 7.41. The van der Waals surface area contributed by atoms with Crippen LogP contribution in [0.25, 0.3) is 6.08 Å². The Kier molecular flexibility index (Phi) is 5.93. The fraction of sp³-hybridized carbons (Fsp3) is 0.333. The minimum Gasteiger partial charge on any atom is -0.337 e. The molecule has 1 amide bonds. The van der Waals surface area contributed by atoms with Crippen molar-refractivity contribution in [1.82, 2.24) is 14.7 Å². The van der Waals surface area contributed by atoms with E-state index in [0.29, 0.717) is 28.0 Å². The molecule has 0 unspecified atom stereocenters. The van der Waals surface area contributed by atoms with Crippen molar-refractivity contribution in [2.45, 2.75) is 13.5 Å². The molecule has 1 aliphatic rings. The van der Waals surface area contributed by atoms with Gasteiger partial charge in [-0.1, -0.05) is 35.3 Å². The highest BCUT2D eigenvalue weighted by Crippen LogP contribution is 2.23. The lowest BCUT2D eigenvalue weighted by atomic mass is 10.2. The molecule has 0 bridgehead atoms. The number of hydrogen-bond donors (Lipinski definition) is 0. The van der Waals surface area contributed by atoms with Crippen LogP contribution in [0.4, 0.5) is 0 Å². The molecule has 0 aliphatic carbocycles. The van der Waals surface area contributed by atoms with Crippen LogP contribution >= 0.6 is 23.2 Å². The standard InChI is InChI=1S/C18H19Cl2N3O3S/c1-13-16(6-7-17(24)22-8-10-27(25,26)11-9-22)18(20)23(21-13)12-14-2-4-15(19)5-3-14/h2-7H,8-12H2,1H3/b7-6+. The van der Waals surface area contributed by atoms with Gasteiger partial charge in [-0.15, -0.1) is 0 Å². The molecular formula is C18H19Cl2N3O3S. The minimum atomic E-state index is -3.02. The summed E-state index contributed by atoms with van der Waals surface area (Å²) < 4.78 is 24.6. The zero-order valence-corrected chi connectivity index (χ0v) is 17.1. The van der Waals surface area contributed by atoms with E-state index in [1.54, 1.807) is 22.9 Å². The van der Waals surface area contributed by atoms with Crippen LogP contribution in [0.3, 0.4) is 0 Å². The van der Waals surface area contributed by atoms with Crippen molar-refractivity contribution >= 4 is 45.0 Å². The van der Waals surface area contributed by atoms with Crippen molar-refractivity contribution in [3.05, 3.63) is 57.3 Å². The summed E-state index contributed by atoms with van der Waals surface area (Å²) in [5.74, 6) is -0.220. The molecule has 0 atom stereocenters. The van der Waals surface area contributed by atoms with Crippen molar-refractivity contribution in [2.75, 3.05) is 24.6 Å². The Hall–Kier alpha value is -1.83. The molecule has 2 heterocycles. The molecule has 1 aliphatic heterocycles. The molecular weight excluding hydrogens is 409 g/mol. The Bertz CT molecular complexity index is 968. The molecule has 1 aromatic heterocycles. The number of aryl methyl sites for hydroxylation is 1. The predicted octanol–water partition coefficient (Wildman–Crippen LogP) is 2.82. The lowest BCUT2D eigenvalue weighted by Crippen LogP contribution is -2.43. The van der Waals surface area contributed by atoms with Crippen LogP contribution in [0.2, 0.25) is 10.2 Å². The van der Waals surface area contributed by atoms with Gasteiger partial charge >= 0.3 is 0 Å². The lowest BCUT2D eigenvalue weighted by Gasteiger charge is -2.25. The Labute approximate surface area is 168 Å². The molecule has 6 nitrogen and oxygen atoms in total. The van der Waals surface area contributed by atoms with Crippen molar-refractivity contribution < 1.29 is 13.2 Å².